The van der Waals surface area contributed by atoms with Crippen molar-refractivity contribution in [2.75, 3.05) is 11.9 Å². The van der Waals surface area contributed by atoms with Gasteiger partial charge in [-0.2, -0.15) is 0 Å². The Hall–Kier alpha value is -1.58. The van der Waals surface area contributed by atoms with Crippen molar-refractivity contribution in [3.8, 4) is 11.1 Å². The number of rotatable bonds is 7. The van der Waals surface area contributed by atoms with Gasteiger partial charge in [-0.1, -0.05) is 90.1 Å². The number of benzene rings is 2. The van der Waals surface area contributed by atoms with Crippen molar-refractivity contribution in [1.82, 2.24) is 4.98 Å². The Morgan fingerprint density at radius 2 is 1.76 bits per heavy atom. The molecule has 1 aromatic heterocycles. The van der Waals surface area contributed by atoms with Crippen LogP contribution >= 0.6 is 27.5 Å². The summed E-state index contributed by atoms with van der Waals surface area (Å²) in [6, 6.07) is 16.2. The van der Waals surface area contributed by atoms with Gasteiger partial charge < -0.3 is 5.32 Å². The van der Waals surface area contributed by atoms with E-state index in [4.69, 9.17) is 16.6 Å². The van der Waals surface area contributed by atoms with Gasteiger partial charge in [-0.15, -0.1) is 0 Å². The molecule has 0 aliphatic carbocycles. The second kappa shape index (κ2) is 8.68. The highest BCUT2D eigenvalue weighted by Gasteiger charge is 2.17. The molecule has 0 atom stereocenters. The number of hydrogen-bond acceptors (Lipinski definition) is 2. The van der Waals surface area contributed by atoms with E-state index in [1.54, 1.807) is 0 Å². The highest BCUT2D eigenvalue weighted by molar-refractivity contribution is 9.10. The number of nitrogens with one attached hydrogen (secondary N) is 1. The summed E-state index contributed by atoms with van der Waals surface area (Å²) in [6.45, 7) is 3.13. The summed E-state index contributed by atoms with van der Waals surface area (Å²) in [7, 11) is 0. The van der Waals surface area contributed by atoms with E-state index in [0.717, 1.165) is 50.3 Å². The van der Waals surface area contributed by atoms with Gasteiger partial charge in [0.05, 0.1) is 10.5 Å². The molecule has 0 radical (unpaired) electrons. The first kappa shape index (κ1) is 18.2. The molecule has 2 aromatic carbocycles. The Morgan fingerprint density at radius 3 is 2.56 bits per heavy atom. The quantitative estimate of drug-likeness (QED) is 0.408. The van der Waals surface area contributed by atoms with Gasteiger partial charge in [-0.3, -0.25) is 0 Å². The molecule has 0 unspecified atom stereocenters. The minimum atomic E-state index is 0.744. The molecule has 0 aliphatic heterocycles. The van der Waals surface area contributed by atoms with Crippen LogP contribution in [-0.4, -0.2) is 11.5 Å². The van der Waals surface area contributed by atoms with Crippen LogP contribution in [0.5, 0.6) is 0 Å². The average Bonchev–Trinajstić information content (AvgIpc) is 2.63. The largest absolute Gasteiger partial charge is 0.369 e. The second-order valence-electron chi connectivity index (χ2n) is 6.13. The maximum absolute atomic E-state index is 6.81. The van der Waals surface area contributed by atoms with E-state index >= 15 is 0 Å². The first-order chi connectivity index (χ1) is 12.2. The van der Waals surface area contributed by atoms with Crippen LogP contribution in [0.3, 0.4) is 0 Å². The molecule has 0 spiro atoms. The minimum Gasteiger partial charge on any atom is -0.369 e. The molecule has 2 nitrogen and oxygen atoms in total. The summed E-state index contributed by atoms with van der Waals surface area (Å²) in [5.74, 6) is 0.854. The highest BCUT2D eigenvalue weighted by atomic mass is 79.9. The van der Waals surface area contributed by atoms with E-state index in [1.807, 2.05) is 42.5 Å². The number of halogens is 2. The van der Waals surface area contributed by atoms with E-state index in [1.165, 1.54) is 19.3 Å². The Kier molecular flexibility index (Phi) is 6.33. The fourth-order valence-electron chi connectivity index (χ4n) is 2.97. The summed E-state index contributed by atoms with van der Waals surface area (Å²) in [6.07, 6.45) is 4.87. The average molecular weight is 418 g/mol. The maximum Gasteiger partial charge on any atom is 0.136 e. The molecule has 0 saturated heterocycles. The third-order valence-corrected chi connectivity index (χ3v) is 5.38. The van der Waals surface area contributed by atoms with Gasteiger partial charge in [0.1, 0.15) is 5.82 Å². The summed E-state index contributed by atoms with van der Waals surface area (Å²) >= 11 is 10.5. The standard InChI is InChI=1S/C21H22BrClN2/c1-2-3-4-9-14-24-21-19(15-10-5-7-12-17(15)22)20(23)16-11-6-8-13-18(16)25-21/h5-8,10-13H,2-4,9,14H2,1H3,(H,24,25). The van der Waals surface area contributed by atoms with Crippen LogP contribution in [0.1, 0.15) is 32.6 Å². The number of hydrogen-bond donors (Lipinski definition) is 1. The van der Waals surface area contributed by atoms with Crippen molar-refractivity contribution in [3.63, 3.8) is 0 Å². The van der Waals surface area contributed by atoms with E-state index < -0.39 is 0 Å². The van der Waals surface area contributed by atoms with E-state index in [-0.39, 0.29) is 0 Å². The Bertz CT molecular complexity index is 864. The number of anilines is 1. The number of pyridine rings is 1. The van der Waals surface area contributed by atoms with Crippen LogP contribution < -0.4 is 5.32 Å². The normalized spacial score (nSPS) is 11.0. The number of fused-ring (bicyclic) bond motifs is 1. The van der Waals surface area contributed by atoms with E-state index in [0.29, 0.717) is 0 Å². The lowest BCUT2D eigenvalue weighted by molar-refractivity contribution is 0.684. The molecule has 0 aliphatic rings. The van der Waals surface area contributed by atoms with Crippen LogP contribution in [0, 0.1) is 0 Å². The van der Waals surface area contributed by atoms with E-state index in [9.17, 15) is 0 Å². The summed E-state index contributed by atoms with van der Waals surface area (Å²) in [4.78, 5) is 4.85. The lowest BCUT2D eigenvalue weighted by Crippen LogP contribution is -2.06. The number of aromatic nitrogens is 1. The fraction of sp³-hybridized carbons (Fsp3) is 0.286. The van der Waals surface area contributed by atoms with Crippen molar-refractivity contribution >= 4 is 44.3 Å². The number of para-hydroxylation sites is 1. The van der Waals surface area contributed by atoms with Crippen molar-refractivity contribution < 1.29 is 0 Å². The summed E-state index contributed by atoms with van der Waals surface area (Å²) < 4.78 is 1.02. The molecular formula is C21H22BrClN2. The summed E-state index contributed by atoms with van der Waals surface area (Å²) in [5, 5.41) is 5.24. The molecule has 25 heavy (non-hydrogen) atoms. The molecule has 0 amide bonds. The monoisotopic (exact) mass is 416 g/mol. The van der Waals surface area contributed by atoms with Gasteiger partial charge in [0, 0.05) is 27.5 Å². The van der Waals surface area contributed by atoms with Crippen molar-refractivity contribution in [2.24, 2.45) is 0 Å². The molecular weight excluding hydrogens is 396 g/mol. The topological polar surface area (TPSA) is 24.9 Å². The minimum absolute atomic E-state index is 0.744. The molecule has 1 N–H and O–H groups in total. The van der Waals surface area contributed by atoms with Gasteiger partial charge in [0.25, 0.3) is 0 Å². The van der Waals surface area contributed by atoms with Gasteiger partial charge in [-0.25, -0.2) is 4.98 Å². The van der Waals surface area contributed by atoms with Crippen molar-refractivity contribution in [3.05, 3.63) is 58.0 Å². The molecule has 130 valence electrons. The van der Waals surface area contributed by atoms with Crippen LogP contribution in [-0.2, 0) is 0 Å². The zero-order valence-corrected chi connectivity index (χ0v) is 16.7. The molecule has 1 heterocycles. The zero-order chi connectivity index (χ0) is 17.6. The van der Waals surface area contributed by atoms with Gasteiger partial charge in [0.2, 0.25) is 0 Å². The molecule has 3 aromatic rings. The zero-order valence-electron chi connectivity index (χ0n) is 14.4. The smallest absolute Gasteiger partial charge is 0.136 e. The SMILES string of the molecule is CCCCCCNc1nc2ccccc2c(Cl)c1-c1ccccc1Br. The number of nitrogens with zero attached hydrogens (tertiary/aromatic N) is 1. The van der Waals surface area contributed by atoms with Crippen molar-refractivity contribution in [2.45, 2.75) is 32.6 Å². The lowest BCUT2D eigenvalue weighted by Gasteiger charge is -2.16. The van der Waals surface area contributed by atoms with Crippen LogP contribution in [0.15, 0.2) is 53.0 Å². The molecule has 0 fully saturated rings. The second-order valence-corrected chi connectivity index (χ2v) is 7.37. The third-order valence-electron chi connectivity index (χ3n) is 4.30. The lowest BCUT2D eigenvalue weighted by atomic mass is 10.0. The fourth-order valence-corrected chi connectivity index (χ4v) is 3.80. The predicted molar refractivity (Wildman–Crippen MR) is 113 cm³/mol. The van der Waals surface area contributed by atoms with Gasteiger partial charge in [-0.05, 0) is 18.6 Å². The number of unbranched alkanes of at least 4 members (excludes halogenated alkanes) is 3. The Morgan fingerprint density at radius 1 is 1.00 bits per heavy atom. The molecule has 3 rings (SSSR count). The van der Waals surface area contributed by atoms with Crippen molar-refractivity contribution in [1.29, 1.82) is 0 Å². The molecule has 4 heteroatoms. The van der Waals surface area contributed by atoms with Crippen LogP contribution in [0.25, 0.3) is 22.0 Å². The van der Waals surface area contributed by atoms with Crippen LogP contribution in [0.2, 0.25) is 5.02 Å². The highest BCUT2D eigenvalue weighted by Crippen LogP contribution is 2.41. The first-order valence-electron chi connectivity index (χ1n) is 8.79. The third kappa shape index (κ3) is 4.16. The molecule has 0 saturated carbocycles. The van der Waals surface area contributed by atoms with Crippen LogP contribution in [0.4, 0.5) is 5.82 Å². The molecule has 0 bridgehead atoms. The summed E-state index contributed by atoms with van der Waals surface area (Å²) in [5.41, 5.74) is 2.93. The van der Waals surface area contributed by atoms with E-state index in [2.05, 4.69) is 34.2 Å². The van der Waals surface area contributed by atoms with Gasteiger partial charge >= 0.3 is 0 Å². The first-order valence-corrected chi connectivity index (χ1v) is 9.96. The predicted octanol–water partition coefficient (Wildman–Crippen LogP) is 7.31. The Labute approximate surface area is 162 Å². The van der Waals surface area contributed by atoms with Gasteiger partial charge in [0.15, 0.2) is 0 Å². The Balaban J connectivity index is 2.04. The maximum atomic E-state index is 6.81.